The Labute approximate surface area is 136 Å². The quantitative estimate of drug-likeness (QED) is 0.922. The lowest BCUT2D eigenvalue weighted by Crippen LogP contribution is -2.43. The van der Waals surface area contributed by atoms with Gasteiger partial charge in [-0.05, 0) is 24.6 Å². The number of ether oxygens (including phenoxy) is 1. The Morgan fingerprint density at radius 2 is 1.61 bits per heavy atom. The third-order valence-electron chi connectivity index (χ3n) is 4.35. The van der Waals surface area contributed by atoms with Gasteiger partial charge in [0.2, 0.25) is 5.60 Å². The molecule has 0 amide bonds. The number of likely N-dealkylation sites (N-methyl/N-ethyl adjacent to an activating group) is 1. The van der Waals surface area contributed by atoms with E-state index in [9.17, 15) is 9.90 Å². The average Bonchev–Trinajstić information content (AvgIpc) is 2.99. The van der Waals surface area contributed by atoms with Crippen LogP contribution < -0.4 is 0 Å². The average molecular weight is 311 g/mol. The van der Waals surface area contributed by atoms with Gasteiger partial charge in [-0.2, -0.15) is 0 Å². The Kier molecular flexibility index (Phi) is 4.46. The van der Waals surface area contributed by atoms with Crippen molar-refractivity contribution in [2.75, 3.05) is 20.1 Å². The van der Waals surface area contributed by atoms with Crippen LogP contribution in [0.1, 0.15) is 17.5 Å². The van der Waals surface area contributed by atoms with Gasteiger partial charge in [0.25, 0.3) is 0 Å². The molecule has 1 heterocycles. The molecule has 2 aromatic carbocycles. The minimum Gasteiger partial charge on any atom is -0.479 e. The number of benzene rings is 2. The Hall–Kier alpha value is -2.17. The van der Waals surface area contributed by atoms with Crippen molar-refractivity contribution in [1.29, 1.82) is 0 Å². The van der Waals surface area contributed by atoms with Crippen molar-refractivity contribution in [2.24, 2.45) is 0 Å². The standard InChI is InChI=1S/C19H21NO3/c1-20-13-12-17(14-20)23-19(18(21)22,15-8-4-2-5-9-15)16-10-6-3-7-11-16/h2-11,17H,12-14H2,1H3,(H,21,22). The highest BCUT2D eigenvalue weighted by atomic mass is 16.5. The normalized spacial score (nSPS) is 18.9. The molecule has 1 saturated heterocycles. The zero-order valence-corrected chi connectivity index (χ0v) is 13.2. The summed E-state index contributed by atoms with van der Waals surface area (Å²) in [6.45, 7) is 1.67. The summed E-state index contributed by atoms with van der Waals surface area (Å²) in [5.41, 5.74) is -0.181. The first-order valence-electron chi connectivity index (χ1n) is 7.84. The third-order valence-corrected chi connectivity index (χ3v) is 4.35. The highest BCUT2D eigenvalue weighted by Crippen LogP contribution is 2.36. The molecule has 1 aliphatic heterocycles. The van der Waals surface area contributed by atoms with Crippen LogP contribution in [0.3, 0.4) is 0 Å². The molecule has 2 aromatic rings. The molecule has 1 aliphatic rings. The summed E-state index contributed by atoms with van der Waals surface area (Å²) in [5.74, 6) is -0.982. The molecule has 3 rings (SSSR count). The van der Waals surface area contributed by atoms with E-state index in [1.165, 1.54) is 0 Å². The van der Waals surface area contributed by atoms with Crippen LogP contribution >= 0.6 is 0 Å². The van der Waals surface area contributed by atoms with Gasteiger partial charge in [0.15, 0.2) is 0 Å². The topological polar surface area (TPSA) is 49.8 Å². The number of carboxylic acid groups (broad SMARTS) is 1. The summed E-state index contributed by atoms with van der Waals surface area (Å²) in [6.07, 6.45) is 0.738. The highest BCUT2D eigenvalue weighted by molar-refractivity contribution is 5.84. The number of rotatable bonds is 5. The first kappa shape index (κ1) is 15.7. The van der Waals surface area contributed by atoms with Crippen molar-refractivity contribution in [3.63, 3.8) is 0 Å². The maximum absolute atomic E-state index is 12.4. The SMILES string of the molecule is CN1CCC(OC(C(=O)O)(c2ccccc2)c2ccccc2)C1. The summed E-state index contributed by atoms with van der Waals surface area (Å²) in [7, 11) is 2.02. The van der Waals surface area contributed by atoms with E-state index in [1.54, 1.807) is 0 Å². The van der Waals surface area contributed by atoms with Gasteiger partial charge >= 0.3 is 5.97 Å². The van der Waals surface area contributed by atoms with E-state index in [2.05, 4.69) is 4.90 Å². The van der Waals surface area contributed by atoms with Crippen LogP contribution in [-0.4, -0.2) is 42.2 Å². The van der Waals surface area contributed by atoms with Crippen LogP contribution in [0.4, 0.5) is 0 Å². The zero-order chi connectivity index (χ0) is 16.3. The van der Waals surface area contributed by atoms with Crippen LogP contribution in [0.2, 0.25) is 0 Å². The van der Waals surface area contributed by atoms with Crippen LogP contribution in [0.25, 0.3) is 0 Å². The Balaban J connectivity index is 2.09. The number of aliphatic carboxylic acids is 1. The van der Waals surface area contributed by atoms with Crippen molar-refractivity contribution in [2.45, 2.75) is 18.1 Å². The van der Waals surface area contributed by atoms with Crippen LogP contribution in [0, 0.1) is 0 Å². The molecule has 23 heavy (non-hydrogen) atoms. The summed E-state index contributed by atoms with van der Waals surface area (Å²) < 4.78 is 6.26. The first-order chi connectivity index (χ1) is 11.1. The lowest BCUT2D eigenvalue weighted by molar-refractivity contribution is -0.168. The molecule has 1 N–H and O–H groups in total. The van der Waals surface area contributed by atoms with Crippen molar-refractivity contribution < 1.29 is 14.6 Å². The molecule has 0 spiro atoms. The number of carbonyl (C=O) groups is 1. The predicted octanol–water partition coefficient (Wildman–Crippen LogP) is 2.74. The minimum absolute atomic E-state index is 0.100. The second-order valence-electron chi connectivity index (χ2n) is 6.01. The van der Waals surface area contributed by atoms with E-state index in [1.807, 2.05) is 67.7 Å². The van der Waals surface area contributed by atoms with Gasteiger partial charge in [-0.15, -0.1) is 0 Å². The number of hydrogen-bond acceptors (Lipinski definition) is 3. The fourth-order valence-corrected chi connectivity index (χ4v) is 3.19. The maximum Gasteiger partial charge on any atom is 0.345 e. The zero-order valence-electron chi connectivity index (χ0n) is 13.2. The van der Waals surface area contributed by atoms with E-state index < -0.39 is 11.6 Å². The van der Waals surface area contributed by atoms with Gasteiger partial charge in [-0.3, -0.25) is 0 Å². The van der Waals surface area contributed by atoms with Gasteiger partial charge in [0, 0.05) is 13.1 Å². The molecule has 4 nitrogen and oxygen atoms in total. The monoisotopic (exact) mass is 311 g/mol. The molecular weight excluding hydrogens is 290 g/mol. The number of likely N-dealkylation sites (tertiary alicyclic amines) is 1. The molecule has 1 fully saturated rings. The Morgan fingerprint density at radius 3 is 2.00 bits per heavy atom. The largest absolute Gasteiger partial charge is 0.479 e. The van der Waals surface area contributed by atoms with Crippen LogP contribution in [0.15, 0.2) is 60.7 Å². The van der Waals surface area contributed by atoms with E-state index >= 15 is 0 Å². The van der Waals surface area contributed by atoms with E-state index in [0.717, 1.165) is 19.5 Å². The van der Waals surface area contributed by atoms with Crippen LogP contribution in [-0.2, 0) is 15.1 Å². The summed E-state index contributed by atoms with van der Waals surface area (Å²) in [6, 6.07) is 18.4. The summed E-state index contributed by atoms with van der Waals surface area (Å²) in [5, 5.41) is 10.1. The molecule has 0 aliphatic carbocycles. The molecule has 0 radical (unpaired) electrons. The summed E-state index contributed by atoms with van der Waals surface area (Å²) >= 11 is 0. The summed E-state index contributed by atoms with van der Waals surface area (Å²) in [4.78, 5) is 14.5. The molecular formula is C19H21NO3. The van der Waals surface area contributed by atoms with Gasteiger partial charge in [0.05, 0.1) is 6.10 Å². The molecule has 0 saturated carbocycles. The van der Waals surface area contributed by atoms with E-state index in [0.29, 0.717) is 11.1 Å². The highest BCUT2D eigenvalue weighted by Gasteiger charge is 2.46. The molecule has 1 unspecified atom stereocenters. The lowest BCUT2D eigenvalue weighted by Gasteiger charge is -2.33. The number of nitrogens with zero attached hydrogens (tertiary/aromatic N) is 1. The van der Waals surface area contributed by atoms with Gasteiger partial charge in [-0.1, -0.05) is 60.7 Å². The van der Waals surface area contributed by atoms with Crippen LogP contribution in [0.5, 0.6) is 0 Å². The van der Waals surface area contributed by atoms with Gasteiger partial charge in [-0.25, -0.2) is 4.79 Å². The fraction of sp³-hybridized carbons (Fsp3) is 0.316. The lowest BCUT2D eigenvalue weighted by atomic mass is 9.85. The Morgan fingerprint density at radius 1 is 1.09 bits per heavy atom. The predicted molar refractivity (Wildman–Crippen MR) is 88.3 cm³/mol. The molecule has 1 atom stereocenters. The second-order valence-corrected chi connectivity index (χ2v) is 6.01. The van der Waals surface area contributed by atoms with Crippen molar-refractivity contribution >= 4 is 5.97 Å². The van der Waals surface area contributed by atoms with Crippen molar-refractivity contribution in [3.05, 3.63) is 71.8 Å². The second kappa shape index (κ2) is 6.52. The van der Waals surface area contributed by atoms with E-state index in [-0.39, 0.29) is 6.10 Å². The van der Waals surface area contributed by atoms with E-state index in [4.69, 9.17) is 4.74 Å². The van der Waals surface area contributed by atoms with Crippen molar-refractivity contribution in [1.82, 2.24) is 4.90 Å². The molecule has 0 aromatic heterocycles. The first-order valence-corrected chi connectivity index (χ1v) is 7.84. The maximum atomic E-state index is 12.4. The van der Waals surface area contributed by atoms with Gasteiger partial charge < -0.3 is 14.7 Å². The molecule has 120 valence electrons. The van der Waals surface area contributed by atoms with Crippen molar-refractivity contribution in [3.8, 4) is 0 Å². The minimum atomic E-state index is -1.47. The molecule has 4 heteroatoms. The fourth-order valence-electron chi connectivity index (χ4n) is 3.19. The number of hydrogen-bond donors (Lipinski definition) is 1. The Bertz CT molecular complexity index is 617. The van der Waals surface area contributed by atoms with Gasteiger partial charge in [0.1, 0.15) is 0 Å². The smallest absolute Gasteiger partial charge is 0.345 e. The molecule has 0 bridgehead atoms. The number of carboxylic acids is 1. The third kappa shape index (κ3) is 3.00.